The maximum Gasteiger partial charge on any atom is 0.434 e. The number of nitrogens with zero attached hydrogens (tertiary/aromatic N) is 2. The van der Waals surface area contributed by atoms with Crippen LogP contribution in [0.25, 0.3) is 11.4 Å². The summed E-state index contributed by atoms with van der Waals surface area (Å²) in [6.45, 7) is 1.55. The maximum absolute atomic E-state index is 12.7. The Morgan fingerprint density at radius 2 is 1.84 bits per heavy atom. The average Bonchev–Trinajstić information content (AvgIpc) is 2.86. The van der Waals surface area contributed by atoms with E-state index in [9.17, 15) is 21.6 Å². The molecule has 0 amide bonds. The van der Waals surface area contributed by atoms with Crippen molar-refractivity contribution in [3.63, 3.8) is 0 Å². The summed E-state index contributed by atoms with van der Waals surface area (Å²) in [5.41, 5.74) is -0.470. The molecular formula is C15H17F3N2O4S. The van der Waals surface area contributed by atoms with Gasteiger partial charge in [0.15, 0.2) is 5.69 Å². The molecule has 0 saturated carbocycles. The lowest BCUT2D eigenvalue weighted by Gasteiger charge is -2.12. The van der Waals surface area contributed by atoms with Gasteiger partial charge in [0.05, 0.1) is 6.26 Å². The molecule has 0 fully saturated rings. The van der Waals surface area contributed by atoms with Crippen LogP contribution >= 0.6 is 0 Å². The highest BCUT2D eigenvalue weighted by molar-refractivity contribution is 7.86. The fourth-order valence-corrected chi connectivity index (χ4v) is 2.76. The van der Waals surface area contributed by atoms with Gasteiger partial charge in [-0.2, -0.15) is 21.6 Å². The summed E-state index contributed by atoms with van der Waals surface area (Å²) in [6.07, 6.45) is -3.31. The lowest BCUT2D eigenvalue weighted by molar-refractivity contribution is -0.140. The van der Waals surface area contributed by atoms with Crippen LogP contribution in [0.15, 0.2) is 30.5 Å². The molecule has 1 unspecified atom stereocenters. The number of benzene rings is 1. The van der Waals surface area contributed by atoms with Crippen LogP contribution in [0, 0.1) is 0 Å². The third-order valence-corrected chi connectivity index (χ3v) is 3.78. The molecule has 0 aliphatic rings. The Labute approximate surface area is 143 Å². The molecule has 1 aromatic carbocycles. The second kappa shape index (κ2) is 7.04. The smallest absolute Gasteiger partial charge is 0.434 e. The number of ether oxygens (including phenoxy) is 1. The molecule has 2 aromatic rings. The quantitative estimate of drug-likeness (QED) is 0.723. The highest BCUT2D eigenvalue weighted by Gasteiger charge is 2.34. The summed E-state index contributed by atoms with van der Waals surface area (Å²) >= 11 is 0. The predicted molar refractivity (Wildman–Crippen MR) is 84.5 cm³/mol. The zero-order chi connectivity index (χ0) is 18.8. The standard InChI is InChI=1S/C15H17F3N2O4S/c1-10(24-25(3,21)22)9-23-12-6-4-11(5-7-12)14-19-13(8-20(14)2)15(16,17)18/h4-8,10H,9H2,1-3H3. The van der Waals surface area contributed by atoms with E-state index in [1.165, 1.54) is 11.6 Å². The molecule has 0 radical (unpaired) electrons. The van der Waals surface area contributed by atoms with Crippen LogP contribution in [0.2, 0.25) is 0 Å². The van der Waals surface area contributed by atoms with Crippen LogP contribution in [-0.4, -0.2) is 36.9 Å². The Balaban J connectivity index is 2.07. The van der Waals surface area contributed by atoms with Crippen molar-refractivity contribution in [3.05, 3.63) is 36.2 Å². The van der Waals surface area contributed by atoms with E-state index in [2.05, 4.69) is 4.98 Å². The monoisotopic (exact) mass is 378 g/mol. The van der Waals surface area contributed by atoms with Gasteiger partial charge in [-0.3, -0.25) is 4.18 Å². The van der Waals surface area contributed by atoms with Gasteiger partial charge >= 0.3 is 6.18 Å². The molecule has 0 aliphatic heterocycles. The fraction of sp³-hybridized carbons (Fsp3) is 0.400. The molecule has 138 valence electrons. The highest BCUT2D eigenvalue weighted by atomic mass is 32.2. The minimum absolute atomic E-state index is 0.00699. The number of hydrogen-bond donors (Lipinski definition) is 0. The van der Waals surface area contributed by atoms with Crippen LogP contribution in [-0.2, 0) is 27.5 Å². The zero-order valence-corrected chi connectivity index (χ0v) is 14.6. The van der Waals surface area contributed by atoms with Gasteiger partial charge < -0.3 is 9.30 Å². The van der Waals surface area contributed by atoms with Gasteiger partial charge in [0.1, 0.15) is 24.3 Å². The van der Waals surface area contributed by atoms with Crippen LogP contribution in [0.3, 0.4) is 0 Å². The number of rotatable bonds is 6. The summed E-state index contributed by atoms with van der Waals surface area (Å²) in [4.78, 5) is 3.61. The minimum atomic E-state index is -4.51. The van der Waals surface area contributed by atoms with E-state index < -0.39 is 28.1 Å². The molecule has 6 nitrogen and oxygen atoms in total. The zero-order valence-electron chi connectivity index (χ0n) is 13.7. The van der Waals surface area contributed by atoms with Crippen molar-refractivity contribution >= 4 is 10.1 Å². The molecule has 2 rings (SSSR count). The first kappa shape index (κ1) is 19.3. The number of hydrogen-bond acceptors (Lipinski definition) is 5. The first-order valence-corrected chi connectivity index (χ1v) is 8.99. The Morgan fingerprint density at radius 1 is 1.24 bits per heavy atom. The van der Waals surface area contributed by atoms with E-state index in [1.807, 2.05) is 0 Å². The molecule has 0 spiro atoms. The summed E-state index contributed by atoms with van der Waals surface area (Å²) in [6, 6.07) is 6.26. The summed E-state index contributed by atoms with van der Waals surface area (Å²) < 4.78 is 71.5. The van der Waals surface area contributed by atoms with E-state index >= 15 is 0 Å². The van der Waals surface area contributed by atoms with Crippen molar-refractivity contribution in [2.24, 2.45) is 7.05 Å². The van der Waals surface area contributed by atoms with Crippen LogP contribution in [0.5, 0.6) is 5.75 Å². The van der Waals surface area contributed by atoms with Gasteiger partial charge in [-0.05, 0) is 31.2 Å². The van der Waals surface area contributed by atoms with E-state index in [4.69, 9.17) is 8.92 Å². The lowest BCUT2D eigenvalue weighted by Crippen LogP contribution is -2.21. The van der Waals surface area contributed by atoms with Gasteiger partial charge in [0.25, 0.3) is 10.1 Å². The second-order valence-corrected chi connectivity index (χ2v) is 7.11. The highest BCUT2D eigenvalue weighted by Crippen LogP contribution is 2.31. The number of halogens is 3. The minimum Gasteiger partial charge on any atom is -0.491 e. The molecule has 25 heavy (non-hydrogen) atoms. The molecule has 1 heterocycles. The first-order valence-electron chi connectivity index (χ1n) is 7.18. The van der Waals surface area contributed by atoms with Gasteiger partial charge in [0.2, 0.25) is 0 Å². The average molecular weight is 378 g/mol. The van der Waals surface area contributed by atoms with Gasteiger partial charge in [-0.25, -0.2) is 4.98 Å². The predicted octanol–water partition coefficient (Wildman–Crippen LogP) is 2.85. The normalized spacial score (nSPS) is 13.7. The SMILES string of the molecule is CC(COc1ccc(-c2nc(C(F)(F)F)cn2C)cc1)OS(C)(=O)=O. The summed E-state index contributed by atoms with van der Waals surface area (Å²) in [5, 5.41) is 0. The van der Waals surface area contributed by atoms with Crippen molar-refractivity contribution in [2.75, 3.05) is 12.9 Å². The van der Waals surface area contributed by atoms with E-state index in [-0.39, 0.29) is 12.4 Å². The molecule has 0 bridgehead atoms. The topological polar surface area (TPSA) is 70.4 Å². The molecule has 1 aromatic heterocycles. The number of alkyl halides is 3. The molecule has 0 saturated heterocycles. The van der Waals surface area contributed by atoms with E-state index in [0.29, 0.717) is 11.3 Å². The third-order valence-electron chi connectivity index (χ3n) is 3.10. The van der Waals surface area contributed by atoms with Crippen LogP contribution in [0.1, 0.15) is 12.6 Å². The van der Waals surface area contributed by atoms with Crippen molar-refractivity contribution in [1.82, 2.24) is 9.55 Å². The number of aryl methyl sites for hydroxylation is 1. The van der Waals surface area contributed by atoms with Gasteiger partial charge in [-0.1, -0.05) is 0 Å². The van der Waals surface area contributed by atoms with Crippen molar-refractivity contribution < 1.29 is 30.5 Å². The van der Waals surface area contributed by atoms with Crippen molar-refractivity contribution in [2.45, 2.75) is 19.2 Å². The molecular weight excluding hydrogens is 361 g/mol. The van der Waals surface area contributed by atoms with Crippen LogP contribution < -0.4 is 4.74 Å². The van der Waals surface area contributed by atoms with Crippen molar-refractivity contribution in [3.8, 4) is 17.1 Å². The Morgan fingerprint density at radius 3 is 2.32 bits per heavy atom. The van der Waals surface area contributed by atoms with E-state index in [1.54, 1.807) is 31.2 Å². The molecule has 0 aliphatic carbocycles. The van der Waals surface area contributed by atoms with E-state index in [0.717, 1.165) is 12.5 Å². The van der Waals surface area contributed by atoms with Crippen LogP contribution in [0.4, 0.5) is 13.2 Å². The Kier molecular flexibility index (Phi) is 5.43. The Hall–Kier alpha value is -2.07. The summed E-state index contributed by atoms with van der Waals surface area (Å²) in [7, 11) is -2.09. The molecule has 1 atom stereocenters. The van der Waals surface area contributed by atoms with Crippen molar-refractivity contribution in [1.29, 1.82) is 0 Å². The Bertz CT molecular complexity index is 829. The summed E-state index contributed by atoms with van der Waals surface area (Å²) in [5.74, 6) is 0.602. The third kappa shape index (κ3) is 5.46. The second-order valence-electron chi connectivity index (χ2n) is 5.50. The largest absolute Gasteiger partial charge is 0.491 e. The lowest BCUT2D eigenvalue weighted by atomic mass is 10.2. The number of imidazole rings is 1. The molecule has 0 N–H and O–H groups in total. The molecule has 10 heteroatoms. The van der Waals surface area contributed by atoms with Gasteiger partial charge in [0, 0.05) is 18.8 Å². The fourth-order valence-electron chi connectivity index (χ4n) is 2.11. The number of aromatic nitrogens is 2. The van der Waals surface area contributed by atoms with Gasteiger partial charge in [-0.15, -0.1) is 0 Å². The first-order chi connectivity index (χ1) is 11.5. The maximum atomic E-state index is 12.7.